The first-order valence-corrected chi connectivity index (χ1v) is 11.3. The van der Waals surface area contributed by atoms with Crippen molar-refractivity contribution in [3.63, 3.8) is 0 Å². The molecule has 0 unspecified atom stereocenters. The zero-order valence-electron chi connectivity index (χ0n) is 15.9. The van der Waals surface area contributed by atoms with Crippen molar-refractivity contribution in [2.75, 3.05) is 25.0 Å². The van der Waals surface area contributed by atoms with Crippen LogP contribution in [0.5, 0.6) is 0 Å². The molecule has 1 aromatic rings. The third-order valence-corrected chi connectivity index (χ3v) is 6.69. The van der Waals surface area contributed by atoms with Gasteiger partial charge in [-0.3, -0.25) is 0 Å². The van der Waals surface area contributed by atoms with Crippen LogP contribution in [-0.2, 0) is 14.8 Å². The topological polar surface area (TPSA) is 105 Å². The van der Waals surface area contributed by atoms with E-state index in [9.17, 15) is 18.3 Å². The number of rotatable bonds is 9. The monoisotopic (exact) mass is 408 g/mol. The summed E-state index contributed by atoms with van der Waals surface area (Å²) in [7, 11) is -3.84. The summed E-state index contributed by atoms with van der Waals surface area (Å²) in [5, 5.41) is 12.4. The summed E-state index contributed by atoms with van der Waals surface area (Å²) in [5.41, 5.74) is 1.62. The van der Waals surface area contributed by atoms with Gasteiger partial charge in [0.2, 0.25) is 10.0 Å². The molecule has 28 heavy (non-hydrogen) atoms. The summed E-state index contributed by atoms with van der Waals surface area (Å²) in [4.78, 5) is 11.3. The average Bonchev–Trinajstić information content (AvgIpc) is 3.20. The number of benzene rings is 1. The van der Waals surface area contributed by atoms with Gasteiger partial charge in [-0.1, -0.05) is 11.6 Å². The summed E-state index contributed by atoms with van der Waals surface area (Å²) < 4.78 is 33.9. The fourth-order valence-electron chi connectivity index (χ4n) is 3.61. The lowest BCUT2D eigenvalue weighted by Crippen LogP contribution is -2.27. The van der Waals surface area contributed by atoms with Gasteiger partial charge in [0.25, 0.3) is 0 Å². The Morgan fingerprint density at radius 1 is 1.25 bits per heavy atom. The van der Waals surface area contributed by atoms with Crippen molar-refractivity contribution in [3.8, 4) is 0 Å². The minimum atomic E-state index is -3.84. The van der Waals surface area contributed by atoms with Gasteiger partial charge in [0.1, 0.15) is 4.90 Å². The second-order valence-electron chi connectivity index (χ2n) is 7.29. The molecule has 1 atom stereocenters. The van der Waals surface area contributed by atoms with E-state index in [0.717, 1.165) is 32.1 Å². The van der Waals surface area contributed by atoms with E-state index >= 15 is 0 Å². The Kier molecular flexibility index (Phi) is 7.09. The molecule has 154 valence electrons. The van der Waals surface area contributed by atoms with Crippen LogP contribution in [0.3, 0.4) is 0 Å². The van der Waals surface area contributed by atoms with Gasteiger partial charge in [-0.15, -0.1) is 0 Å². The van der Waals surface area contributed by atoms with E-state index in [-0.39, 0.29) is 16.6 Å². The van der Waals surface area contributed by atoms with Crippen molar-refractivity contribution in [3.05, 3.63) is 35.4 Å². The van der Waals surface area contributed by atoms with Crippen molar-refractivity contribution in [1.29, 1.82) is 0 Å². The highest BCUT2D eigenvalue weighted by Gasteiger charge is 2.22. The molecule has 3 N–H and O–H groups in total. The second-order valence-corrected chi connectivity index (χ2v) is 9.02. The van der Waals surface area contributed by atoms with E-state index < -0.39 is 16.0 Å². The molecule has 1 aromatic carbocycles. The van der Waals surface area contributed by atoms with Crippen molar-refractivity contribution < 1.29 is 23.1 Å². The van der Waals surface area contributed by atoms with Crippen LogP contribution in [-0.4, -0.2) is 45.3 Å². The lowest BCUT2D eigenvalue weighted by molar-refractivity contribution is 0.0696. The fraction of sp³-hybridized carbons (Fsp3) is 0.550. The number of hydrogen-bond acceptors (Lipinski definition) is 5. The molecule has 0 spiro atoms. The molecule has 2 aliphatic rings. The lowest BCUT2D eigenvalue weighted by Gasteiger charge is -2.17. The molecule has 0 aromatic heterocycles. The van der Waals surface area contributed by atoms with Gasteiger partial charge in [0, 0.05) is 19.7 Å². The predicted molar refractivity (Wildman–Crippen MR) is 107 cm³/mol. The number of carbonyl (C=O) groups is 1. The standard InChI is InChI=1S/C20H28N2O5S/c23-20(24)16-8-9-18(21-14-17-7-4-12-27-17)19(13-16)28(25,26)22-11-10-15-5-2-1-3-6-15/h5,8-9,13,17,21-22H,1-4,6-7,10-12,14H2,(H,23,24)/t17-/m1/s1. The van der Waals surface area contributed by atoms with E-state index in [0.29, 0.717) is 31.8 Å². The molecule has 8 heteroatoms. The summed E-state index contributed by atoms with van der Waals surface area (Å²) in [6.07, 6.45) is 9.25. The number of hydrogen-bond donors (Lipinski definition) is 3. The normalized spacial score (nSPS) is 20.0. The van der Waals surface area contributed by atoms with Crippen LogP contribution in [0.25, 0.3) is 0 Å². The third-order valence-electron chi connectivity index (χ3n) is 5.19. The molecule has 0 amide bonds. The molecule has 1 aliphatic heterocycles. The number of carboxylic acid groups (broad SMARTS) is 1. The van der Waals surface area contributed by atoms with Crippen molar-refractivity contribution in [2.45, 2.75) is 55.9 Å². The molecular weight excluding hydrogens is 380 g/mol. The van der Waals surface area contributed by atoms with Gasteiger partial charge in [-0.05, 0) is 63.1 Å². The summed E-state index contributed by atoms with van der Waals surface area (Å²) in [6.45, 7) is 1.51. The molecular formula is C20H28N2O5S. The fourth-order valence-corrected chi connectivity index (χ4v) is 4.85. The quantitative estimate of drug-likeness (QED) is 0.542. The SMILES string of the molecule is O=C(O)c1ccc(NC[C@H]2CCCO2)c(S(=O)(=O)NCCC2=CCCCC2)c1. The Bertz CT molecular complexity index is 829. The maximum Gasteiger partial charge on any atom is 0.335 e. The Labute approximate surface area is 166 Å². The van der Waals surface area contributed by atoms with E-state index in [4.69, 9.17) is 4.74 Å². The Balaban J connectivity index is 1.72. The van der Waals surface area contributed by atoms with Gasteiger partial charge in [-0.2, -0.15) is 0 Å². The highest BCUT2D eigenvalue weighted by molar-refractivity contribution is 7.89. The van der Waals surface area contributed by atoms with E-state index in [1.807, 2.05) is 0 Å². The lowest BCUT2D eigenvalue weighted by atomic mass is 9.97. The first-order chi connectivity index (χ1) is 13.5. The molecule has 3 rings (SSSR count). The smallest absolute Gasteiger partial charge is 0.335 e. The van der Waals surface area contributed by atoms with Gasteiger partial charge >= 0.3 is 5.97 Å². The average molecular weight is 409 g/mol. The van der Waals surface area contributed by atoms with Crippen LogP contribution in [0.1, 0.15) is 55.3 Å². The molecule has 0 radical (unpaired) electrons. The molecule has 0 saturated carbocycles. The van der Waals surface area contributed by atoms with Crippen molar-refractivity contribution in [2.24, 2.45) is 0 Å². The van der Waals surface area contributed by atoms with Crippen molar-refractivity contribution in [1.82, 2.24) is 4.72 Å². The van der Waals surface area contributed by atoms with Gasteiger partial charge in [-0.25, -0.2) is 17.9 Å². The molecule has 7 nitrogen and oxygen atoms in total. The van der Waals surface area contributed by atoms with E-state index in [1.54, 1.807) is 0 Å². The van der Waals surface area contributed by atoms with Crippen LogP contribution in [0.2, 0.25) is 0 Å². The van der Waals surface area contributed by atoms with Crippen molar-refractivity contribution >= 4 is 21.7 Å². The number of aromatic carboxylic acids is 1. The maximum atomic E-state index is 12.9. The highest BCUT2D eigenvalue weighted by Crippen LogP contribution is 2.25. The zero-order chi connectivity index (χ0) is 20.0. The number of allylic oxidation sites excluding steroid dienone is 1. The molecule has 1 saturated heterocycles. The Morgan fingerprint density at radius 2 is 2.11 bits per heavy atom. The summed E-state index contributed by atoms with van der Waals surface area (Å²) in [5.74, 6) is -1.16. The van der Waals surface area contributed by atoms with E-state index in [1.165, 1.54) is 30.2 Å². The molecule has 0 bridgehead atoms. The molecule has 1 aliphatic carbocycles. The summed E-state index contributed by atoms with van der Waals surface area (Å²) in [6, 6.07) is 4.13. The number of anilines is 1. The number of nitrogens with one attached hydrogen (secondary N) is 2. The second kappa shape index (κ2) is 9.54. The van der Waals surface area contributed by atoms with E-state index in [2.05, 4.69) is 16.1 Å². The van der Waals surface area contributed by atoms with Crippen LogP contribution in [0.15, 0.2) is 34.7 Å². The minimum absolute atomic E-state index is 0.0389. The molecule has 1 fully saturated rings. The van der Waals surface area contributed by atoms with Gasteiger partial charge < -0.3 is 15.2 Å². The minimum Gasteiger partial charge on any atom is -0.478 e. The third kappa shape index (κ3) is 5.56. The zero-order valence-corrected chi connectivity index (χ0v) is 16.8. The molecule has 1 heterocycles. The maximum absolute atomic E-state index is 12.9. The predicted octanol–water partition coefficient (Wildman–Crippen LogP) is 3.14. The van der Waals surface area contributed by atoms with Crippen LogP contribution in [0, 0.1) is 0 Å². The Hall–Kier alpha value is -1.90. The van der Waals surface area contributed by atoms with Gasteiger partial charge in [0.15, 0.2) is 0 Å². The van der Waals surface area contributed by atoms with Crippen LogP contribution >= 0.6 is 0 Å². The highest BCUT2D eigenvalue weighted by atomic mass is 32.2. The first kappa shape index (κ1) is 20.8. The first-order valence-electron chi connectivity index (χ1n) is 9.86. The van der Waals surface area contributed by atoms with Crippen LogP contribution in [0.4, 0.5) is 5.69 Å². The number of carboxylic acids is 1. The van der Waals surface area contributed by atoms with Gasteiger partial charge in [0.05, 0.1) is 17.4 Å². The number of ether oxygens (including phenoxy) is 1. The van der Waals surface area contributed by atoms with Crippen LogP contribution < -0.4 is 10.0 Å². The largest absolute Gasteiger partial charge is 0.478 e. The number of sulfonamides is 1. The Morgan fingerprint density at radius 3 is 2.79 bits per heavy atom. The summed E-state index contributed by atoms with van der Waals surface area (Å²) >= 11 is 0.